The van der Waals surface area contributed by atoms with Gasteiger partial charge in [-0.05, 0) is 51.0 Å². The van der Waals surface area contributed by atoms with E-state index >= 15 is 0 Å². The van der Waals surface area contributed by atoms with Crippen molar-refractivity contribution in [3.63, 3.8) is 0 Å². The summed E-state index contributed by atoms with van der Waals surface area (Å²) in [6.45, 7) is 7.36. The highest BCUT2D eigenvalue weighted by Crippen LogP contribution is 2.22. The molecular weight excluding hydrogens is 386 g/mol. The maximum Gasteiger partial charge on any atom is 0.333 e. The monoisotopic (exact) mass is 409 g/mol. The summed E-state index contributed by atoms with van der Waals surface area (Å²) in [7, 11) is 1.53. The SMILES string of the molecule is CCOC(=O)Cn1c(=O)c2c(nc3n(-c4cc(C)cc(C)c4)c(C)cn23)n(C)c1=O. The summed E-state index contributed by atoms with van der Waals surface area (Å²) in [6, 6.07) is 6.16. The molecule has 0 saturated carbocycles. The largest absolute Gasteiger partial charge is 0.465 e. The molecule has 0 aliphatic heterocycles. The van der Waals surface area contributed by atoms with E-state index in [2.05, 4.69) is 11.1 Å². The molecule has 0 atom stereocenters. The van der Waals surface area contributed by atoms with E-state index in [1.807, 2.05) is 43.7 Å². The first-order valence-electron chi connectivity index (χ1n) is 9.67. The van der Waals surface area contributed by atoms with E-state index in [0.717, 1.165) is 27.1 Å². The molecule has 3 aromatic heterocycles. The molecule has 30 heavy (non-hydrogen) atoms. The summed E-state index contributed by atoms with van der Waals surface area (Å²) in [5, 5.41) is 0. The van der Waals surface area contributed by atoms with Gasteiger partial charge in [0, 0.05) is 24.6 Å². The molecule has 0 saturated heterocycles. The number of aromatic nitrogens is 5. The molecule has 4 aromatic rings. The first-order chi connectivity index (χ1) is 14.2. The van der Waals surface area contributed by atoms with Crippen molar-refractivity contribution >= 4 is 22.9 Å². The van der Waals surface area contributed by atoms with Crippen LogP contribution in [-0.2, 0) is 23.1 Å². The zero-order valence-electron chi connectivity index (χ0n) is 17.6. The van der Waals surface area contributed by atoms with Crippen LogP contribution in [0.5, 0.6) is 0 Å². The van der Waals surface area contributed by atoms with E-state index in [-0.39, 0.29) is 17.8 Å². The van der Waals surface area contributed by atoms with Crippen LogP contribution in [0, 0.1) is 20.8 Å². The van der Waals surface area contributed by atoms with E-state index in [4.69, 9.17) is 4.74 Å². The highest BCUT2D eigenvalue weighted by Gasteiger charge is 2.22. The van der Waals surface area contributed by atoms with Gasteiger partial charge in [0.1, 0.15) is 6.54 Å². The van der Waals surface area contributed by atoms with Crippen molar-refractivity contribution in [3.8, 4) is 5.69 Å². The quantitative estimate of drug-likeness (QED) is 0.478. The Morgan fingerprint density at radius 1 is 1.10 bits per heavy atom. The fraction of sp³-hybridized carbons (Fsp3) is 0.333. The zero-order valence-corrected chi connectivity index (χ0v) is 17.6. The Morgan fingerprint density at radius 3 is 2.40 bits per heavy atom. The molecule has 4 rings (SSSR count). The first kappa shape index (κ1) is 19.7. The number of rotatable bonds is 4. The predicted octanol–water partition coefficient (Wildman–Crippen LogP) is 1.63. The molecule has 0 N–H and O–H groups in total. The standard InChI is InChI=1S/C21H23N5O4/c1-6-30-16(27)11-25-19(28)17-18(23(5)21(25)29)22-20-24(17)10-14(4)26(20)15-8-12(2)7-13(3)9-15/h7-10H,6,11H2,1-5H3. The summed E-state index contributed by atoms with van der Waals surface area (Å²) in [5.74, 6) is -0.116. The minimum atomic E-state index is -0.638. The molecule has 0 bridgehead atoms. The number of esters is 1. The van der Waals surface area contributed by atoms with Gasteiger partial charge in [0.25, 0.3) is 5.56 Å². The van der Waals surface area contributed by atoms with Gasteiger partial charge < -0.3 is 4.74 Å². The molecule has 3 heterocycles. The highest BCUT2D eigenvalue weighted by atomic mass is 16.5. The lowest BCUT2D eigenvalue weighted by molar-refractivity contribution is -0.143. The minimum Gasteiger partial charge on any atom is -0.465 e. The van der Waals surface area contributed by atoms with Crippen molar-refractivity contribution in [3.05, 3.63) is 62.1 Å². The van der Waals surface area contributed by atoms with Crippen LogP contribution in [0.3, 0.4) is 0 Å². The lowest BCUT2D eigenvalue weighted by atomic mass is 10.1. The molecule has 1 aromatic carbocycles. The number of nitrogens with zero attached hydrogens (tertiary/aromatic N) is 5. The number of imidazole rings is 2. The predicted molar refractivity (Wildman–Crippen MR) is 112 cm³/mol. The maximum atomic E-state index is 13.2. The van der Waals surface area contributed by atoms with E-state index in [0.29, 0.717) is 5.78 Å². The number of ether oxygens (including phenoxy) is 1. The van der Waals surface area contributed by atoms with E-state index in [1.54, 1.807) is 11.3 Å². The molecule has 0 aliphatic rings. The van der Waals surface area contributed by atoms with E-state index < -0.39 is 23.8 Å². The minimum absolute atomic E-state index is 0.172. The number of benzene rings is 1. The third kappa shape index (κ3) is 2.94. The molecule has 0 radical (unpaired) electrons. The van der Waals surface area contributed by atoms with Crippen LogP contribution in [0.25, 0.3) is 22.6 Å². The van der Waals surface area contributed by atoms with Crippen LogP contribution in [0.15, 0.2) is 34.0 Å². The van der Waals surface area contributed by atoms with Crippen molar-refractivity contribution < 1.29 is 9.53 Å². The van der Waals surface area contributed by atoms with Gasteiger partial charge in [0.15, 0.2) is 11.2 Å². The summed E-state index contributed by atoms with van der Waals surface area (Å²) in [5.41, 5.74) is 3.33. The Morgan fingerprint density at radius 2 is 1.77 bits per heavy atom. The first-order valence-corrected chi connectivity index (χ1v) is 9.67. The van der Waals surface area contributed by atoms with Crippen LogP contribution in [0.2, 0.25) is 0 Å². The van der Waals surface area contributed by atoms with Crippen LogP contribution < -0.4 is 11.2 Å². The molecule has 0 unspecified atom stereocenters. The second-order valence-electron chi connectivity index (χ2n) is 7.44. The van der Waals surface area contributed by atoms with Crippen molar-refractivity contribution in [1.29, 1.82) is 0 Å². The molecule has 9 nitrogen and oxygen atoms in total. The Kier molecular flexibility index (Phi) is 4.60. The molecular formula is C21H23N5O4. The van der Waals surface area contributed by atoms with Crippen LogP contribution in [0.4, 0.5) is 0 Å². The zero-order chi connectivity index (χ0) is 21.7. The lowest BCUT2D eigenvalue weighted by Gasteiger charge is -2.08. The molecule has 0 amide bonds. The second kappa shape index (κ2) is 7.01. The fourth-order valence-electron chi connectivity index (χ4n) is 3.88. The lowest BCUT2D eigenvalue weighted by Crippen LogP contribution is -2.41. The maximum absolute atomic E-state index is 13.2. The molecule has 156 valence electrons. The Hall–Kier alpha value is -3.62. The molecule has 0 spiro atoms. The van der Waals surface area contributed by atoms with Crippen molar-refractivity contribution in [2.24, 2.45) is 7.05 Å². The average Bonchev–Trinajstić information content (AvgIpc) is 3.17. The van der Waals surface area contributed by atoms with Gasteiger partial charge in [-0.1, -0.05) is 6.07 Å². The van der Waals surface area contributed by atoms with Crippen molar-refractivity contribution in [1.82, 2.24) is 23.1 Å². The third-order valence-corrected chi connectivity index (χ3v) is 5.08. The fourth-order valence-corrected chi connectivity index (χ4v) is 3.88. The Bertz CT molecular complexity index is 1410. The number of fused-ring (bicyclic) bond motifs is 3. The van der Waals surface area contributed by atoms with Gasteiger partial charge in [-0.25, -0.2) is 9.36 Å². The third-order valence-electron chi connectivity index (χ3n) is 5.08. The molecule has 9 heteroatoms. The van der Waals surface area contributed by atoms with Gasteiger partial charge in [0.2, 0.25) is 5.78 Å². The average molecular weight is 409 g/mol. The van der Waals surface area contributed by atoms with Crippen molar-refractivity contribution in [2.75, 3.05) is 6.61 Å². The number of aryl methyl sites for hydroxylation is 4. The summed E-state index contributed by atoms with van der Waals surface area (Å²) in [6.07, 6.45) is 1.81. The van der Waals surface area contributed by atoms with Gasteiger partial charge in [-0.2, -0.15) is 4.98 Å². The highest BCUT2D eigenvalue weighted by molar-refractivity contribution is 5.77. The number of hydrogen-bond acceptors (Lipinski definition) is 5. The molecule has 0 aliphatic carbocycles. The summed E-state index contributed by atoms with van der Waals surface area (Å²) < 4.78 is 10.7. The van der Waals surface area contributed by atoms with Gasteiger partial charge in [-0.15, -0.1) is 0 Å². The summed E-state index contributed by atoms with van der Waals surface area (Å²) in [4.78, 5) is 42.4. The Balaban J connectivity index is 2.04. The second-order valence-corrected chi connectivity index (χ2v) is 7.44. The van der Waals surface area contributed by atoms with E-state index in [1.165, 1.54) is 11.6 Å². The van der Waals surface area contributed by atoms with E-state index in [9.17, 15) is 14.4 Å². The van der Waals surface area contributed by atoms with Gasteiger partial charge >= 0.3 is 11.7 Å². The number of hydrogen-bond donors (Lipinski definition) is 0. The normalized spacial score (nSPS) is 11.5. The van der Waals surface area contributed by atoms with Gasteiger partial charge in [0.05, 0.1) is 6.61 Å². The van der Waals surface area contributed by atoms with Gasteiger partial charge in [-0.3, -0.25) is 23.1 Å². The Labute approximate surface area is 171 Å². The summed E-state index contributed by atoms with van der Waals surface area (Å²) >= 11 is 0. The van der Waals surface area contributed by atoms with Crippen LogP contribution in [0.1, 0.15) is 23.7 Å². The van der Waals surface area contributed by atoms with Crippen molar-refractivity contribution in [2.45, 2.75) is 34.2 Å². The number of carbonyl (C=O) groups excluding carboxylic acids is 1. The number of carbonyl (C=O) groups is 1. The molecule has 0 fully saturated rings. The van der Waals surface area contributed by atoms with Crippen LogP contribution >= 0.6 is 0 Å². The topological polar surface area (TPSA) is 92.5 Å². The van der Waals surface area contributed by atoms with Crippen LogP contribution in [-0.4, -0.2) is 35.7 Å². The smallest absolute Gasteiger partial charge is 0.333 e.